The molecular weight excluding hydrogens is 330 g/mol. The molecule has 0 aromatic carbocycles. The maximum atomic E-state index is 12.2. The van der Waals surface area contributed by atoms with Gasteiger partial charge in [-0.1, -0.05) is 19.9 Å². The van der Waals surface area contributed by atoms with Crippen LogP contribution in [-0.2, 0) is 6.54 Å². The summed E-state index contributed by atoms with van der Waals surface area (Å²) in [6.07, 6.45) is 6.51. The predicted molar refractivity (Wildman–Crippen MR) is 97.7 cm³/mol. The number of amides is 1. The summed E-state index contributed by atoms with van der Waals surface area (Å²) in [4.78, 5) is 20.8. The van der Waals surface area contributed by atoms with Crippen LogP contribution in [0.5, 0.6) is 5.88 Å². The fraction of sp³-hybridized carbons (Fsp3) is 0.250. The SMILES string of the molecule is CC(C)COc1ccc(C(=O)NCc2ccc(-c3ccoc3)nc2)cn1. The van der Waals surface area contributed by atoms with E-state index in [1.807, 2.05) is 18.2 Å². The summed E-state index contributed by atoms with van der Waals surface area (Å²) in [5.74, 6) is 0.759. The zero-order valence-corrected chi connectivity index (χ0v) is 14.8. The monoisotopic (exact) mass is 351 g/mol. The van der Waals surface area contributed by atoms with Gasteiger partial charge in [0.2, 0.25) is 5.88 Å². The highest BCUT2D eigenvalue weighted by Gasteiger charge is 2.08. The smallest absolute Gasteiger partial charge is 0.253 e. The maximum Gasteiger partial charge on any atom is 0.253 e. The molecule has 0 aliphatic heterocycles. The van der Waals surface area contributed by atoms with Crippen LogP contribution in [0.2, 0.25) is 0 Å². The summed E-state index contributed by atoms with van der Waals surface area (Å²) in [7, 11) is 0. The third kappa shape index (κ3) is 4.69. The van der Waals surface area contributed by atoms with Gasteiger partial charge in [-0.15, -0.1) is 0 Å². The van der Waals surface area contributed by atoms with E-state index in [-0.39, 0.29) is 5.91 Å². The lowest BCUT2D eigenvalue weighted by Crippen LogP contribution is -2.23. The molecular formula is C20H21N3O3. The molecule has 1 amide bonds. The van der Waals surface area contributed by atoms with Crippen molar-refractivity contribution in [1.82, 2.24) is 15.3 Å². The average Bonchev–Trinajstić information content (AvgIpc) is 3.20. The van der Waals surface area contributed by atoms with Crippen LogP contribution in [0.1, 0.15) is 29.8 Å². The standard InChI is InChI=1S/C20H21N3O3/c1-14(2)12-26-19-6-4-16(11-22-19)20(24)23-10-15-3-5-18(21-9-15)17-7-8-25-13-17/h3-9,11,13-14H,10,12H2,1-2H3,(H,23,24). The van der Waals surface area contributed by atoms with Crippen molar-refractivity contribution in [3.8, 4) is 17.1 Å². The van der Waals surface area contributed by atoms with Crippen molar-refractivity contribution in [3.05, 3.63) is 66.4 Å². The molecule has 0 aliphatic carbocycles. The van der Waals surface area contributed by atoms with Crippen LogP contribution < -0.4 is 10.1 Å². The first-order chi connectivity index (χ1) is 12.6. The molecule has 26 heavy (non-hydrogen) atoms. The van der Waals surface area contributed by atoms with E-state index >= 15 is 0 Å². The van der Waals surface area contributed by atoms with Gasteiger partial charge < -0.3 is 14.5 Å². The molecule has 3 rings (SSSR count). The quantitative estimate of drug-likeness (QED) is 0.702. The Morgan fingerprint density at radius 3 is 2.65 bits per heavy atom. The number of rotatable bonds is 7. The second kappa shape index (κ2) is 8.29. The molecule has 0 atom stereocenters. The zero-order chi connectivity index (χ0) is 18.4. The van der Waals surface area contributed by atoms with E-state index in [9.17, 15) is 4.79 Å². The Balaban J connectivity index is 1.53. The minimum Gasteiger partial charge on any atom is -0.477 e. The van der Waals surface area contributed by atoms with Crippen molar-refractivity contribution >= 4 is 5.91 Å². The van der Waals surface area contributed by atoms with E-state index in [1.54, 1.807) is 30.9 Å². The third-order valence-electron chi connectivity index (χ3n) is 3.66. The first kappa shape index (κ1) is 17.7. The van der Waals surface area contributed by atoms with Gasteiger partial charge in [0.05, 0.1) is 30.4 Å². The van der Waals surface area contributed by atoms with Gasteiger partial charge in [0.25, 0.3) is 5.91 Å². The lowest BCUT2D eigenvalue weighted by Gasteiger charge is -2.09. The normalized spacial score (nSPS) is 10.7. The second-order valence-electron chi connectivity index (χ2n) is 6.34. The summed E-state index contributed by atoms with van der Waals surface area (Å²) >= 11 is 0. The van der Waals surface area contributed by atoms with Crippen LogP contribution in [0.3, 0.4) is 0 Å². The van der Waals surface area contributed by atoms with E-state index in [0.29, 0.717) is 30.5 Å². The number of carbonyl (C=O) groups is 1. The van der Waals surface area contributed by atoms with Gasteiger partial charge in [-0.05, 0) is 29.7 Å². The Bertz CT molecular complexity index is 826. The van der Waals surface area contributed by atoms with Crippen LogP contribution in [0.4, 0.5) is 0 Å². The number of ether oxygens (including phenoxy) is 1. The number of furan rings is 1. The molecule has 3 aromatic heterocycles. The van der Waals surface area contributed by atoms with Gasteiger partial charge >= 0.3 is 0 Å². The molecule has 1 N–H and O–H groups in total. The first-order valence-corrected chi connectivity index (χ1v) is 8.46. The summed E-state index contributed by atoms with van der Waals surface area (Å²) in [5.41, 5.74) is 3.15. The summed E-state index contributed by atoms with van der Waals surface area (Å²) in [6.45, 7) is 5.13. The van der Waals surface area contributed by atoms with Crippen LogP contribution in [0, 0.1) is 5.92 Å². The Labute approximate surface area is 152 Å². The molecule has 0 saturated carbocycles. The number of carbonyl (C=O) groups excluding carboxylic acids is 1. The molecule has 3 aromatic rings. The molecule has 0 radical (unpaired) electrons. The molecule has 3 heterocycles. The van der Waals surface area contributed by atoms with Crippen molar-refractivity contribution in [1.29, 1.82) is 0 Å². The highest BCUT2D eigenvalue weighted by atomic mass is 16.5. The van der Waals surface area contributed by atoms with Crippen molar-refractivity contribution < 1.29 is 13.9 Å². The molecule has 0 aliphatic rings. The van der Waals surface area contributed by atoms with E-state index in [4.69, 9.17) is 9.15 Å². The minimum atomic E-state index is -0.188. The molecule has 0 fully saturated rings. The van der Waals surface area contributed by atoms with E-state index in [2.05, 4.69) is 29.1 Å². The fourth-order valence-corrected chi connectivity index (χ4v) is 2.25. The summed E-state index contributed by atoms with van der Waals surface area (Å²) in [6, 6.07) is 9.09. The van der Waals surface area contributed by atoms with Crippen molar-refractivity contribution in [2.45, 2.75) is 20.4 Å². The Hall–Kier alpha value is -3.15. The highest BCUT2D eigenvalue weighted by Crippen LogP contribution is 2.17. The predicted octanol–water partition coefficient (Wildman–Crippen LogP) is 3.70. The topological polar surface area (TPSA) is 77.2 Å². The Kier molecular flexibility index (Phi) is 5.63. The second-order valence-corrected chi connectivity index (χ2v) is 6.34. The van der Waals surface area contributed by atoms with Crippen LogP contribution in [0.25, 0.3) is 11.3 Å². The average molecular weight is 351 g/mol. The molecule has 0 spiro atoms. The number of aromatic nitrogens is 2. The van der Waals surface area contributed by atoms with E-state index in [0.717, 1.165) is 16.8 Å². The molecule has 134 valence electrons. The van der Waals surface area contributed by atoms with Gasteiger partial charge in [0, 0.05) is 30.6 Å². The van der Waals surface area contributed by atoms with Crippen LogP contribution >= 0.6 is 0 Å². The van der Waals surface area contributed by atoms with Gasteiger partial charge in [0.1, 0.15) is 0 Å². The van der Waals surface area contributed by atoms with Gasteiger partial charge in [-0.25, -0.2) is 4.98 Å². The molecule has 0 saturated heterocycles. The highest BCUT2D eigenvalue weighted by molar-refractivity contribution is 5.93. The van der Waals surface area contributed by atoms with Gasteiger partial charge in [0.15, 0.2) is 0 Å². The summed E-state index contributed by atoms with van der Waals surface area (Å²) < 4.78 is 10.6. The lowest BCUT2D eigenvalue weighted by atomic mass is 10.2. The van der Waals surface area contributed by atoms with Gasteiger partial charge in [-0.3, -0.25) is 9.78 Å². The summed E-state index contributed by atoms with van der Waals surface area (Å²) in [5, 5.41) is 2.86. The molecule has 6 nitrogen and oxygen atoms in total. The molecule has 0 unspecified atom stereocenters. The lowest BCUT2D eigenvalue weighted by molar-refractivity contribution is 0.0950. The largest absolute Gasteiger partial charge is 0.477 e. The van der Waals surface area contributed by atoms with E-state index in [1.165, 1.54) is 6.20 Å². The number of hydrogen-bond acceptors (Lipinski definition) is 5. The number of nitrogens with one attached hydrogen (secondary N) is 1. The minimum absolute atomic E-state index is 0.188. The van der Waals surface area contributed by atoms with E-state index < -0.39 is 0 Å². The molecule has 6 heteroatoms. The Morgan fingerprint density at radius 2 is 2.04 bits per heavy atom. The van der Waals surface area contributed by atoms with Crippen molar-refractivity contribution in [3.63, 3.8) is 0 Å². The third-order valence-corrected chi connectivity index (χ3v) is 3.66. The number of hydrogen-bond donors (Lipinski definition) is 1. The maximum absolute atomic E-state index is 12.2. The fourth-order valence-electron chi connectivity index (χ4n) is 2.25. The van der Waals surface area contributed by atoms with Crippen LogP contribution in [-0.4, -0.2) is 22.5 Å². The first-order valence-electron chi connectivity index (χ1n) is 8.46. The van der Waals surface area contributed by atoms with Crippen molar-refractivity contribution in [2.75, 3.05) is 6.61 Å². The number of nitrogens with zero attached hydrogens (tertiary/aromatic N) is 2. The zero-order valence-electron chi connectivity index (χ0n) is 14.8. The Morgan fingerprint density at radius 1 is 1.15 bits per heavy atom. The van der Waals surface area contributed by atoms with Crippen LogP contribution in [0.15, 0.2) is 59.7 Å². The van der Waals surface area contributed by atoms with Gasteiger partial charge in [-0.2, -0.15) is 0 Å². The molecule has 0 bridgehead atoms. The van der Waals surface area contributed by atoms with Crippen molar-refractivity contribution in [2.24, 2.45) is 5.92 Å². The number of pyridine rings is 2.